The highest BCUT2D eigenvalue weighted by molar-refractivity contribution is 5.76. The van der Waals surface area contributed by atoms with E-state index in [-0.39, 0.29) is 25.1 Å². The number of carbonyl (C=O) groups excluding carboxylic acids is 1. The van der Waals surface area contributed by atoms with Crippen molar-refractivity contribution >= 4 is 6.03 Å². The standard InChI is InChI=1S/C16H21F3N2O3/c1-15(16(17,18)19,11-6-4-3-5-7-11)20-14(23)21-9-13(22)8-12(21)10-24-2/h3-7,12-13,22H,8-10H2,1-2H3,(H,20,23)/t12-,13-,15?/m1/s1. The molecule has 0 bridgehead atoms. The number of urea groups is 1. The molecule has 2 N–H and O–H groups in total. The zero-order valence-electron chi connectivity index (χ0n) is 13.5. The van der Waals surface area contributed by atoms with Gasteiger partial charge in [0.15, 0.2) is 5.54 Å². The van der Waals surface area contributed by atoms with Crippen LogP contribution in [0, 0.1) is 0 Å². The quantitative estimate of drug-likeness (QED) is 0.879. The first-order valence-corrected chi connectivity index (χ1v) is 7.57. The molecule has 0 saturated carbocycles. The summed E-state index contributed by atoms with van der Waals surface area (Å²) < 4.78 is 45.9. The van der Waals surface area contributed by atoms with E-state index < -0.39 is 29.9 Å². The van der Waals surface area contributed by atoms with Gasteiger partial charge >= 0.3 is 12.2 Å². The third-order valence-electron chi connectivity index (χ3n) is 4.29. The topological polar surface area (TPSA) is 61.8 Å². The third kappa shape index (κ3) is 3.64. The van der Waals surface area contributed by atoms with Crippen LogP contribution in [0.3, 0.4) is 0 Å². The monoisotopic (exact) mass is 346 g/mol. The van der Waals surface area contributed by atoms with Gasteiger partial charge < -0.3 is 20.1 Å². The molecule has 1 aliphatic rings. The van der Waals surface area contributed by atoms with E-state index in [0.29, 0.717) is 0 Å². The lowest BCUT2D eigenvalue weighted by Gasteiger charge is -2.36. The van der Waals surface area contributed by atoms with Crippen molar-refractivity contribution in [3.8, 4) is 0 Å². The average Bonchev–Trinajstić information content (AvgIpc) is 2.88. The van der Waals surface area contributed by atoms with Crippen molar-refractivity contribution in [2.45, 2.75) is 37.2 Å². The van der Waals surface area contributed by atoms with Crippen molar-refractivity contribution in [2.24, 2.45) is 0 Å². The van der Waals surface area contributed by atoms with Crippen LogP contribution in [0.5, 0.6) is 0 Å². The fourth-order valence-electron chi connectivity index (χ4n) is 2.85. The molecule has 1 aromatic rings. The molecule has 5 nitrogen and oxygen atoms in total. The summed E-state index contributed by atoms with van der Waals surface area (Å²) in [7, 11) is 1.44. The minimum Gasteiger partial charge on any atom is -0.391 e. The van der Waals surface area contributed by atoms with Crippen LogP contribution < -0.4 is 5.32 Å². The second-order valence-electron chi connectivity index (χ2n) is 6.07. The van der Waals surface area contributed by atoms with Crippen molar-refractivity contribution in [2.75, 3.05) is 20.3 Å². The Morgan fingerprint density at radius 3 is 2.54 bits per heavy atom. The molecule has 0 aliphatic carbocycles. The van der Waals surface area contributed by atoms with Gasteiger partial charge in [-0.2, -0.15) is 13.2 Å². The first-order chi connectivity index (χ1) is 11.2. The van der Waals surface area contributed by atoms with Gasteiger partial charge in [0.2, 0.25) is 0 Å². The number of hydrogen-bond acceptors (Lipinski definition) is 3. The van der Waals surface area contributed by atoms with Crippen LogP contribution in [-0.2, 0) is 10.3 Å². The molecule has 0 aromatic heterocycles. The van der Waals surface area contributed by atoms with E-state index in [2.05, 4.69) is 5.32 Å². The summed E-state index contributed by atoms with van der Waals surface area (Å²) in [5.74, 6) is 0. The Hall–Kier alpha value is -1.80. The molecule has 1 unspecified atom stereocenters. The lowest BCUT2D eigenvalue weighted by atomic mass is 9.91. The second kappa shape index (κ2) is 6.98. The maximum absolute atomic E-state index is 13.7. The number of likely N-dealkylation sites (tertiary alicyclic amines) is 1. The normalized spacial score (nSPS) is 23.8. The number of alkyl halides is 3. The minimum atomic E-state index is -4.68. The van der Waals surface area contributed by atoms with Crippen LogP contribution in [0.15, 0.2) is 30.3 Å². The number of benzene rings is 1. The Morgan fingerprint density at radius 2 is 2.00 bits per heavy atom. The lowest BCUT2D eigenvalue weighted by Crippen LogP contribution is -2.58. The van der Waals surface area contributed by atoms with Crippen molar-refractivity contribution in [3.05, 3.63) is 35.9 Å². The highest BCUT2D eigenvalue weighted by atomic mass is 19.4. The number of halogens is 3. The molecule has 0 spiro atoms. The number of nitrogens with zero attached hydrogens (tertiary/aromatic N) is 1. The average molecular weight is 346 g/mol. The van der Waals surface area contributed by atoms with E-state index in [1.807, 2.05) is 0 Å². The van der Waals surface area contributed by atoms with Gasteiger partial charge in [-0.1, -0.05) is 30.3 Å². The molecule has 2 amide bonds. The molecular formula is C16H21F3N2O3. The maximum Gasteiger partial charge on any atom is 0.415 e. The number of rotatable bonds is 4. The Kier molecular flexibility index (Phi) is 5.39. The van der Waals surface area contributed by atoms with Gasteiger partial charge in [-0.25, -0.2) is 4.79 Å². The van der Waals surface area contributed by atoms with E-state index in [1.165, 1.54) is 36.3 Å². The van der Waals surface area contributed by atoms with Gasteiger partial charge in [-0.15, -0.1) is 0 Å². The van der Waals surface area contributed by atoms with Crippen LogP contribution in [0.25, 0.3) is 0 Å². The fraction of sp³-hybridized carbons (Fsp3) is 0.562. The molecular weight excluding hydrogens is 325 g/mol. The molecule has 134 valence electrons. The number of β-amino-alcohol motifs (C(OH)–C–C–N with tert-alkyl or cyclic N) is 1. The van der Waals surface area contributed by atoms with Crippen LogP contribution in [0.4, 0.5) is 18.0 Å². The van der Waals surface area contributed by atoms with Gasteiger partial charge in [0.25, 0.3) is 0 Å². The molecule has 1 aromatic carbocycles. The first kappa shape index (κ1) is 18.5. The minimum absolute atomic E-state index is 0.0252. The Morgan fingerprint density at radius 1 is 1.38 bits per heavy atom. The number of carbonyl (C=O) groups is 1. The van der Waals surface area contributed by atoms with Gasteiger partial charge in [-0.05, 0) is 18.9 Å². The molecule has 3 atom stereocenters. The van der Waals surface area contributed by atoms with Crippen molar-refractivity contribution in [1.29, 1.82) is 0 Å². The molecule has 2 rings (SSSR count). The summed E-state index contributed by atoms with van der Waals surface area (Å²) in [6, 6.07) is 5.87. The first-order valence-electron chi connectivity index (χ1n) is 7.57. The molecule has 1 saturated heterocycles. The Labute approximate surface area is 138 Å². The molecule has 1 heterocycles. The van der Waals surface area contributed by atoms with E-state index in [1.54, 1.807) is 6.07 Å². The SMILES string of the molecule is COC[C@H]1C[C@@H](O)CN1C(=O)NC(C)(c1ccccc1)C(F)(F)F. The molecule has 24 heavy (non-hydrogen) atoms. The Bertz CT molecular complexity index is 567. The summed E-state index contributed by atoms with van der Waals surface area (Å²) >= 11 is 0. The predicted molar refractivity (Wildman–Crippen MR) is 81.4 cm³/mol. The summed E-state index contributed by atoms with van der Waals surface area (Å²) in [4.78, 5) is 13.7. The number of ether oxygens (including phenoxy) is 1. The van der Waals surface area contributed by atoms with E-state index >= 15 is 0 Å². The number of amides is 2. The molecule has 0 radical (unpaired) electrons. The van der Waals surface area contributed by atoms with Gasteiger partial charge in [0.1, 0.15) is 0 Å². The van der Waals surface area contributed by atoms with Gasteiger partial charge in [0.05, 0.1) is 18.8 Å². The summed E-state index contributed by atoms with van der Waals surface area (Å²) in [6.07, 6.45) is -5.18. The lowest BCUT2D eigenvalue weighted by molar-refractivity contribution is -0.192. The van der Waals surface area contributed by atoms with Crippen molar-refractivity contribution in [1.82, 2.24) is 10.2 Å². The van der Waals surface area contributed by atoms with Gasteiger partial charge in [0, 0.05) is 13.7 Å². The maximum atomic E-state index is 13.7. The van der Waals surface area contributed by atoms with Crippen molar-refractivity contribution in [3.63, 3.8) is 0 Å². The molecule has 1 aliphatic heterocycles. The van der Waals surface area contributed by atoms with E-state index in [4.69, 9.17) is 4.74 Å². The fourth-order valence-corrected chi connectivity index (χ4v) is 2.85. The van der Waals surface area contributed by atoms with E-state index in [0.717, 1.165) is 6.92 Å². The Balaban J connectivity index is 2.25. The molecule has 1 fully saturated rings. The zero-order valence-corrected chi connectivity index (χ0v) is 13.5. The molecule has 8 heteroatoms. The highest BCUT2D eigenvalue weighted by Crippen LogP contribution is 2.39. The van der Waals surface area contributed by atoms with E-state index in [9.17, 15) is 23.1 Å². The number of nitrogens with one attached hydrogen (secondary N) is 1. The van der Waals surface area contributed by atoms with Crippen LogP contribution >= 0.6 is 0 Å². The smallest absolute Gasteiger partial charge is 0.391 e. The van der Waals surface area contributed by atoms with Crippen molar-refractivity contribution < 1.29 is 27.8 Å². The third-order valence-corrected chi connectivity index (χ3v) is 4.29. The second-order valence-corrected chi connectivity index (χ2v) is 6.07. The number of methoxy groups -OCH3 is 1. The van der Waals surface area contributed by atoms with Gasteiger partial charge in [-0.3, -0.25) is 0 Å². The number of hydrogen-bond donors (Lipinski definition) is 2. The summed E-state index contributed by atoms with van der Waals surface area (Å²) in [5, 5.41) is 11.8. The summed E-state index contributed by atoms with van der Waals surface area (Å²) in [6.45, 7) is 1.05. The largest absolute Gasteiger partial charge is 0.415 e. The van der Waals surface area contributed by atoms with Crippen LogP contribution in [0.2, 0.25) is 0 Å². The number of aliphatic hydroxyl groups excluding tert-OH is 1. The predicted octanol–water partition coefficient (Wildman–Crippen LogP) is 2.26. The highest BCUT2D eigenvalue weighted by Gasteiger charge is 2.54. The van der Waals surface area contributed by atoms with Crippen LogP contribution in [-0.4, -0.2) is 54.6 Å². The summed E-state index contributed by atoms with van der Waals surface area (Å²) in [5.41, 5.74) is -2.59. The number of aliphatic hydroxyl groups is 1. The zero-order chi connectivity index (χ0) is 18.0. The van der Waals surface area contributed by atoms with Crippen LogP contribution in [0.1, 0.15) is 18.9 Å².